The van der Waals surface area contributed by atoms with Crippen LogP contribution in [-0.2, 0) is 16.0 Å². The maximum atomic E-state index is 11.5. The van der Waals surface area contributed by atoms with E-state index in [1.807, 2.05) is 19.9 Å². The minimum absolute atomic E-state index is 0.0254. The molecule has 1 aromatic heterocycles. The minimum Gasteiger partial charge on any atom is -0.475 e. The maximum Gasteiger partial charge on any atom is 0.323 e. The van der Waals surface area contributed by atoms with Crippen LogP contribution in [0.25, 0.3) is 0 Å². The van der Waals surface area contributed by atoms with E-state index in [1.165, 1.54) is 0 Å². The lowest BCUT2D eigenvalue weighted by molar-refractivity contribution is -0.144. The second-order valence-corrected chi connectivity index (χ2v) is 4.20. The summed E-state index contributed by atoms with van der Waals surface area (Å²) < 4.78 is 10.4. The summed E-state index contributed by atoms with van der Waals surface area (Å²) in [6, 6.07) is 2.95. The Hall–Kier alpha value is -1.62. The number of carbonyl (C=O) groups is 1. The molecular formula is C13H20N2O3. The molecule has 5 nitrogen and oxygen atoms in total. The molecule has 1 heterocycles. The Labute approximate surface area is 107 Å². The van der Waals surface area contributed by atoms with Gasteiger partial charge < -0.3 is 15.2 Å². The Kier molecular flexibility index (Phi) is 5.58. The SMILES string of the molecule is CCOC(=O)C(N)Cc1cccnc1OC(C)C. The first-order chi connectivity index (χ1) is 8.54. The van der Waals surface area contributed by atoms with Crippen LogP contribution in [0.2, 0.25) is 0 Å². The Balaban J connectivity index is 2.74. The third kappa shape index (κ3) is 4.33. The van der Waals surface area contributed by atoms with E-state index in [4.69, 9.17) is 15.2 Å². The van der Waals surface area contributed by atoms with Crippen molar-refractivity contribution in [2.45, 2.75) is 39.3 Å². The quantitative estimate of drug-likeness (QED) is 0.772. The molecule has 1 rings (SSSR count). The van der Waals surface area contributed by atoms with Crippen molar-refractivity contribution in [1.29, 1.82) is 0 Å². The van der Waals surface area contributed by atoms with Gasteiger partial charge in [0.25, 0.3) is 0 Å². The summed E-state index contributed by atoms with van der Waals surface area (Å²) in [6.45, 7) is 5.92. The molecule has 0 spiro atoms. The van der Waals surface area contributed by atoms with Crippen molar-refractivity contribution < 1.29 is 14.3 Å². The highest BCUT2D eigenvalue weighted by Gasteiger charge is 2.18. The number of nitrogens with zero attached hydrogens (tertiary/aromatic N) is 1. The second kappa shape index (κ2) is 6.96. The second-order valence-electron chi connectivity index (χ2n) is 4.20. The number of aromatic nitrogens is 1. The van der Waals surface area contributed by atoms with Crippen molar-refractivity contribution in [3.05, 3.63) is 23.9 Å². The molecule has 0 aliphatic rings. The first kappa shape index (κ1) is 14.4. The largest absolute Gasteiger partial charge is 0.475 e. The summed E-state index contributed by atoms with van der Waals surface area (Å²) in [4.78, 5) is 15.6. The highest BCUT2D eigenvalue weighted by Crippen LogP contribution is 2.17. The predicted molar refractivity (Wildman–Crippen MR) is 68.3 cm³/mol. The van der Waals surface area contributed by atoms with E-state index < -0.39 is 12.0 Å². The van der Waals surface area contributed by atoms with Gasteiger partial charge >= 0.3 is 5.97 Å². The number of nitrogens with two attached hydrogens (primary N) is 1. The molecule has 1 unspecified atom stereocenters. The smallest absolute Gasteiger partial charge is 0.323 e. The minimum atomic E-state index is -0.691. The zero-order valence-electron chi connectivity index (χ0n) is 11.1. The number of ether oxygens (including phenoxy) is 2. The third-order valence-corrected chi connectivity index (χ3v) is 2.23. The molecule has 18 heavy (non-hydrogen) atoms. The van der Waals surface area contributed by atoms with Gasteiger partial charge in [-0.25, -0.2) is 4.98 Å². The lowest BCUT2D eigenvalue weighted by atomic mass is 10.1. The molecule has 0 fully saturated rings. The van der Waals surface area contributed by atoms with Gasteiger partial charge in [0.15, 0.2) is 0 Å². The van der Waals surface area contributed by atoms with Gasteiger partial charge in [-0.15, -0.1) is 0 Å². The van der Waals surface area contributed by atoms with E-state index in [-0.39, 0.29) is 6.10 Å². The number of esters is 1. The average Bonchev–Trinajstić information content (AvgIpc) is 2.31. The van der Waals surface area contributed by atoms with E-state index in [2.05, 4.69) is 4.98 Å². The van der Waals surface area contributed by atoms with Crippen molar-refractivity contribution >= 4 is 5.97 Å². The van der Waals surface area contributed by atoms with E-state index >= 15 is 0 Å². The van der Waals surface area contributed by atoms with Gasteiger partial charge in [-0.3, -0.25) is 4.79 Å². The third-order valence-electron chi connectivity index (χ3n) is 2.23. The Bertz CT molecular complexity index is 394. The highest BCUT2D eigenvalue weighted by atomic mass is 16.5. The number of carbonyl (C=O) groups excluding carboxylic acids is 1. The van der Waals surface area contributed by atoms with Crippen molar-refractivity contribution in [2.24, 2.45) is 5.73 Å². The van der Waals surface area contributed by atoms with Crippen LogP contribution in [0.15, 0.2) is 18.3 Å². The molecule has 0 amide bonds. The monoisotopic (exact) mass is 252 g/mol. The molecule has 0 radical (unpaired) electrons. The summed E-state index contributed by atoms with van der Waals surface area (Å²) in [5.74, 6) is 0.115. The number of pyridine rings is 1. The zero-order valence-corrected chi connectivity index (χ0v) is 11.1. The molecule has 1 atom stereocenters. The van der Waals surface area contributed by atoms with Crippen LogP contribution in [0.4, 0.5) is 0 Å². The van der Waals surface area contributed by atoms with Gasteiger partial charge in [0.05, 0.1) is 12.7 Å². The van der Waals surface area contributed by atoms with E-state index in [0.29, 0.717) is 18.9 Å². The van der Waals surface area contributed by atoms with Gasteiger partial charge in [-0.1, -0.05) is 6.07 Å². The summed E-state index contributed by atoms with van der Waals surface area (Å²) in [6.07, 6.45) is 2.03. The van der Waals surface area contributed by atoms with Crippen LogP contribution in [0.5, 0.6) is 5.88 Å². The summed E-state index contributed by atoms with van der Waals surface area (Å²) in [7, 11) is 0. The molecular weight excluding hydrogens is 232 g/mol. The van der Waals surface area contributed by atoms with Crippen molar-refractivity contribution in [3.8, 4) is 5.88 Å². The summed E-state index contributed by atoms with van der Waals surface area (Å²) >= 11 is 0. The molecule has 100 valence electrons. The topological polar surface area (TPSA) is 74.4 Å². The van der Waals surface area contributed by atoms with Gasteiger partial charge in [0.1, 0.15) is 6.04 Å². The Morgan fingerprint density at radius 3 is 2.83 bits per heavy atom. The van der Waals surface area contributed by atoms with Crippen molar-refractivity contribution in [2.75, 3.05) is 6.61 Å². The highest BCUT2D eigenvalue weighted by molar-refractivity contribution is 5.75. The van der Waals surface area contributed by atoms with Crippen LogP contribution in [0.3, 0.4) is 0 Å². The lowest BCUT2D eigenvalue weighted by Crippen LogP contribution is -2.34. The van der Waals surface area contributed by atoms with Gasteiger partial charge in [-0.05, 0) is 26.8 Å². The van der Waals surface area contributed by atoms with Crippen LogP contribution in [0.1, 0.15) is 26.3 Å². The molecule has 0 saturated heterocycles. The van der Waals surface area contributed by atoms with E-state index in [9.17, 15) is 4.79 Å². The van der Waals surface area contributed by atoms with Crippen molar-refractivity contribution in [3.63, 3.8) is 0 Å². The van der Waals surface area contributed by atoms with Crippen LogP contribution >= 0.6 is 0 Å². The standard InChI is InChI=1S/C13H20N2O3/c1-4-17-13(16)11(14)8-10-6-5-7-15-12(10)18-9(2)3/h5-7,9,11H,4,8,14H2,1-3H3. The molecule has 0 bridgehead atoms. The molecule has 1 aromatic rings. The van der Waals surface area contributed by atoms with Gasteiger partial charge in [0, 0.05) is 18.2 Å². The normalized spacial score (nSPS) is 12.3. The molecule has 2 N–H and O–H groups in total. The fraction of sp³-hybridized carbons (Fsp3) is 0.538. The molecule has 5 heteroatoms. The lowest BCUT2D eigenvalue weighted by Gasteiger charge is -2.15. The van der Waals surface area contributed by atoms with Crippen LogP contribution in [-0.4, -0.2) is 29.7 Å². The molecule has 0 aliphatic carbocycles. The first-order valence-electron chi connectivity index (χ1n) is 6.07. The zero-order chi connectivity index (χ0) is 13.5. The first-order valence-corrected chi connectivity index (χ1v) is 6.07. The maximum absolute atomic E-state index is 11.5. The Morgan fingerprint density at radius 1 is 1.50 bits per heavy atom. The fourth-order valence-electron chi connectivity index (χ4n) is 1.48. The van der Waals surface area contributed by atoms with Gasteiger partial charge in [-0.2, -0.15) is 0 Å². The Morgan fingerprint density at radius 2 is 2.22 bits per heavy atom. The van der Waals surface area contributed by atoms with Crippen LogP contribution < -0.4 is 10.5 Å². The number of rotatable bonds is 6. The number of hydrogen-bond donors (Lipinski definition) is 1. The molecule has 0 aliphatic heterocycles. The van der Waals surface area contributed by atoms with Gasteiger partial charge in [0.2, 0.25) is 5.88 Å². The van der Waals surface area contributed by atoms with E-state index in [0.717, 1.165) is 5.56 Å². The fourth-order valence-corrected chi connectivity index (χ4v) is 1.48. The van der Waals surface area contributed by atoms with E-state index in [1.54, 1.807) is 19.2 Å². The summed E-state index contributed by atoms with van der Waals surface area (Å²) in [5.41, 5.74) is 6.59. The molecule has 0 aromatic carbocycles. The van der Waals surface area contributed by atoms with Crippen molar-refractivity contribution in [1.82, 2.24) is 4.98 Å². The average molecular weight is 252 g/mol. The number of hydrogen-bond acceptors (Lipinski definition) is 5. The van der Waals surface area contributed by atoms with Crippen LogP contribution in [0, 0.1) is 0 Å². The molecule has 0 saturated carbocycles. The predicted octanol–water partition coefficient (Wildman–Crippen LogP) is 1.30. The summed E-state index contributed by atoms with van der Waals surface area (Å²) in [5, 5.41) is 0.